The normalized spacial score (nSPS) is 10.4. The molecule has 0 amide bonds. The van der Waals surface area contributed by atoms with Crippen molar-refractivity contribution >= 4 is 24.2 Å². The second-order valence-electron chi connectivity index (χ2n) is 2.78. The Balaban J connectivity index is 2.86. The topological polar surface area (TPSA) is 9.23 Å². The van der Waals surface area contributed by atoms with Crippen LogP contribution < -0.4 is 4.74 Å². The third-order valence-corrected chi connectivity index (χ3v) is 1.85. The predicted octanol–water partition coefficient (Wildman–Crippen LogP) is 3.42. The molecule has 0 atom stereocenters. The van der Waals surface area contributed by atoms with Gasteiger partial charge in [-0.1, -0.05) is 11.6 Å². The first-order valence-corrected chi connectivity index (χ1v) is 4.57. The largest absolute Gasteiger partial charge is 0.489 e. The maximum atomic E-state index is 5.90. The monoisotopic (exact) mass is 202 g/mol. The van der Waals surface area contributed by atoms with Gasteiger partial charge in [0.2, 0.25) is 0 Å². The Morgan fingerprint density at radius 2 is 2.08 bits per heavy atom. The van der Waals surface area contributed by atoms with Gasteiger partial charge in [0.15, 0.2) is 0 Å². The van der Waals surface area contributed by atoms with E-state index in [1.165, 1.54) is 0 Å². The van der Waals surface area contributed by atoms with E-state index in [0.717, 1.165) is 4.90 Å². The van der Waals surface area contributed by atoms with Crippen LogP contribution >= 0.6 is 24.2 Å². The van der Waals surface area contributed by atoms with E-state index in [1.54, 1.807) is 6.07 Å². The Morgan fingerprint density at radius 1 is 1.42 bits per heavy atom. The molecule has 0 unspecified atom stereocenters. The lowest BCUT2D eigenvalue weighted by Gasteiger charge is -2.10. The molecule has 0 heterocycles. The molecule has 0 saturated heterocycles. The van der Waals surface area contributed by atoms with Crippen LogP contribution in [0.1, 0.15) is 13.8 Å². The molecule has 0 fully saturated rings. The molecule has 0 N–H and O–H groups in total. The van der Waals surface area contributed by atoms with E-state index in [1.807, 2.05) is 26.0 Å². The lowest BCUT2D eigenvalue weighted by atomic mass is 10.3. The molecule has 3 heteroatoms. The Kier molecular flexibility index (Phi) is 3.29. The van der Waals surface area contributed by atoms with Crippen LogP contribution in [0.2, 0.25) is 5.02 Å². The Bertz CT molecular complexity index is 273. The minimum atomic E-state index is 0.147. The molecule has 12 heavy (non-hydrogen) atoms. The van der Waals surface area contributed by atoms with Gasteiger partial charge in [-0.2, -0.15) is 0 Å². The highest BCUT2D eigenvalue weighted by Gasteiger charge is 2.02. The lowest BCUT2D eigenvalue weighted by molar-refractivity contribution is 0.242. The van der Waals surface area contributed by atoms with Crippen molar-refractivity contribution in [3.8, 4) is 5.75 Å². The zero-order valence-electron chi connectivity index (χ0n) is 7.04. The van der Waals surface area contributed by atoms with E-state index >= 15 is 0 Å². The lowest BCUT2D eigenvalue weighted by Crippen LogP contribution is -2.05. The summed E-state index contributed by atoms with van der Waals surface area (Å²) in [4.78, 5) is 0.844. The number of hydrogen-bond donors (Lipinski definition) is 1. The van der Waals surface area contributed by atoms with Crippen LogP contribution in [0, 0.1) is 0 Å². The number of ether oxygens (including phenoxy) is 1. The van der Waals surface area contributed by atoms with Gasteiger partial charge in [0, 0.05) is 4.90 Å². The molecule has 0 aliphatic rings. The summed E-state index contributed by atoms with van der Waals surface area (Å²) in [5.41, 5.74) is 0. The first-order chi connectivity index (χ1) is 5.59. The number of hydrogen-bond acceptors (Lipinski definition) is 2. The first kappa shape index (κ1) is 9.75. The molecule has 0 radical (unpaired) electrons. The molecule has 0 saturated carbocycles. The quantitative estimate of drug-likeness (QED) is 0.724. The second kappa shape index (κ2) is 4.06. The molecule has 1 rings (SSSR count). The van der Waals surface area contributed by atoms with Crippen molar-refractivity contribution < 1.29 is 4.74 Å². The Hall–Kier alpha value is -0.340. The van der Waals surface area contributed by atoms with Crippen LogP contribution in [0.25, 0.3) is 0 Å². The van der Waals surface area contributed by atoms with Gasteiger partial charge < -0.3 is 4.74 Å². The summed E-state index contributed by atoms with van der Waals surface area (Å²) in [7, 11) is 0. The summed E-state index contributed by atoms with van der Waals surface area (Å²) in [5.74, 6) is 0.712. The summed E-state index contributed by atoms with van der Waals surface area (Å²) in [5, 5.41) is 0.608. The fourth-order valence-corrected chi connectivity index (χ4v) is 1.34. The van der Waals surface area contributed by atoms with Gasteiger partial charge in [-0.15, -0.1) is 12.6 Å². The average molecular weight is 203 g/mol. The van der Waals surface area contributed by atoms with Crippen molar-refractivity contribution in [3.63, 3.8) is 0 Å². The molecule has 1 aromatic carbocycles. The number of benzene rings is 1. The van der Waals surface area contributed by atoms with Crippen LogP contribution in [0.4, 0.5) is 0 Å². The summed E-state index contributed by atoms with van der Waals surface area (Å²) in [6, 6.07) is 5.44. The van der Waals surface area contributed by atoms with Gasteiger partial charge in [-0.3, -0.25) is 0 Å². The van der Waals surface area contributed by atoms with Crippen molar-refractivity contribution in [3.05, 3.63) is 23.2 Å². The minimum absolute atomic E-state index is 0.147. The summed E-state index contributed by atoms with van der Waals surface area (Å²) >= 11 is 10.1. The van der Waals surface area contributed by atoms with E-state index in [9.17, 15) is 0 Å². The predicted molar refractivity (Wildman–Crippen MR) is 54.5 cm³/mol. The SMILES string of the molecule is CC(C)Oc1ccc(S)cc1Cl. The van der Waals surface area contributed by atoms with Gasteiger partial charge in [0.25, 0.3) is 0 Å². The molecule has 1 aromatic rings. The third-order valence-electron chi connectivity index (χ3n) is 1.28. The Morgan fingerprint density at radius 3 is 2.58 bits per heavy atom. The van der Waals surface area contributed by atoms with Crippen LogP contribution in [0.15, 0.2) is 23.1 Å². The zero-order chi connectivity index (χ0) is 9.14. The maximum absolute atomic E-state index is 5.90. The number of thiol groups is 1. The molecular weight excluding hydrogens is 192 g/mol. The van der Waals surface area contributed by atoms with Gasteiger partial charge in [-0.05, 0) is 32.0 Å². The number of halogens is 1. The van der Waals surface area contributed by atoms with Crippen LogP contribution in [-0.4, -0.2) is 6.10 Å². The molecule has 66 valence electrons. The Labute approximate surface area is 83.1 Å². The van der Waals surface area contributed by atoms with E-state index in [-0.39, 0.29) is 6.10 Å². The van der Waals surface area contributed by atoms with Crippen LogP contribution in [0.3, 0.4) is 0 Å². The van der Waals surface area contributed by atoms with Crippen molar-refractivity contribution in [2.45, 2.75) is 24.8 Å². The average Bonchev–Trinajstić information content (AvgIpc) is 1.94. The summed E-state index contributed by atoms with van der Waals surface area (Å²) < 4.78 is 5.43. The first-order valence-electron chi connectivity index (χ1n) is 3.75. The van der Waals surface area contributed by atoms with Gasteiger partial charge in [0.1, 0.15) is 5.75 Å². The third kappa shape index (κ3) is 2.61. The fourth-order valence-electron chi connectivity index (χ4n) is 0.839. The van der Waals surface area contributed by atoms with E-state index in [4.69, 9.17) is 16.3 Å². The molecule has 0 aliphatic heterocycles. The molecular formula is C9H11ClOS. The van der Waals surface area contributed by atoms with Crippen LogP contribution in [0.5, 0.6) is 5.75 Å². The highest BCUT2D eigenvalue weighted by molar-refractivity contribution is 7.80. The van der Waals surface area contributed by atoms with E-state index < -0.39 is 0 Å². The smallest absolute Gasteiger partial charge is 0.138 e. The maximum Gasteiger partial charge on any atom is 0.138 e. The highest BCUT2D eigenvalue weighted by Crippen LogP contribution is 2.27. The van der Waals surface area contributed by atoms with Gasteiger partial charge in [0.05, 0.1) is 11.1 Å². The minimum Gasteiger partial charge on any atom is -0.489 e. The van der Waals surface area contributed by atoms with Gasteiger partial charge >= 0.3 is 0 Å². The standard InChI is InChI=1S/C9H11ClOS/c1-6(2)11-9-4-3-7(12)5-8(9)10/h3-6,12H,1-2H3. The van der Waals surface area contributed by atoms with Crippen molar-refractivity contribution in [1.29, 1.82) is 0 Å². The molecule has 0 bridgehead atoms. The van der Waals surface area contributed by atoms with Crippen LogP contribution in [-0.2, 0) is 0 Å². The van der Waals surface area contributed by atoms with E-state index in [0.29, 0.717) is 10.8 Å². The summed E-state index contributed by atoms with van der Waals surface area (Å²) in [6.07, 6.45) is 0.147. The highest BCUT2D eigenvalue weighted by atomic mass is 35.5. The molecule has 1 nitrogen and oxygen atoms in total. The fraction of sp³-hybridized carbons (Fsp3) is 0.333. The second-order valence-corrected chi connectivity index (χ2v) is 3.70. The summed E-state index contributed by atoms with van der Waals surface area (Å²) in [6.45, 7) is 3.93. The van der Waals surface area contributed by atoms with Crippen molar-refractivity contribution in [2.24, 2.45) is 0 Å². The van der Waals surface area contributed by atoms with E-state index in [2.05, 4.69) is 12.6 Å². The van der Waals surface area contributed by atoms with Crippen molar-refractivity contribution in [1.82, 2.24) is 0 Å². The van der Waals surface area contributed by atoms with Crippen molar-refractivity contribution in [2.75, 3.05) is 0 Å². The van der Waals surface area contributed by atoms with Gasteiger partial charge in [-0.25, -0.2) is 0 Å². The number of rotatable bonds is 2. The molecule has 0 spiro atoms. The molecule has 0 aliphatic carbocycles. The zero-order valence-corrected chi connectivity index (χ0v) is 8.69. The molecule has 0 aromatic heterocycles.